The lowest BCUT2D eigenvalue weighted by atomic mass is 9.94. The van der Waals surface area contributed by atoms with Crippen LogP contribution in [0.4, 0.5) is 0 Å². The van der Waals surface area contributed by atoms with E-state index in [0.717, 1.165) is 5.69 Å². The minimum Gasteiger partial charge on any atom is -0.481 e. The first-order chi connectivity index (χ1) is 9.15. The van der Waals surface area contributed by atoms with E-state index in [4.69, 9.17) is 9.84 Å². The molecule has 2 N–H and O–H groups in total. The molecule has 1 rings (SSSR count). The van der Waals surface area contributed by atoms with Crippen molar-refractivity contribution in [2.45, 2.75) is 27.7 Å². The van der Waals surface area contributed by atoms with Crippen LogP contribution in [0, 0.1) is 19.3 Å². The predicted octanol–water partition coefficient (Wildman–Crippen LogP) is 0.643. The lowest BCUT2D eigenvalue weighted by molar-refractivity contribution is -0.146. The average Bonchev–Trinajstić information content (AvgIpc) is 2.59. The van der Waals surface area contributed by atoms with Crippen LogP contribution >= 0.6 is 0 Å². The second kappa shape index (κ2) is 5.94. The molecule has 0 radical (unpaired) electrons. The molecule has 1 aromatic rings. The number of hydrogen-bond donors (Lipinski definition) is 2. The third-order valence-corrected chi connectivity index (χ3v) is 3.10. The molecule has 112 valence electrons. The van der Waals surface area contributed by atoms with Crippen LogP contribution in [0.3, 0.4) is 0 Å². The molecule has 0 saturated carbocycles. The summed E-state index contributed by atoms with van der Waals surface area (Å²) in [7, 11) is 1.80. The van der Waals surface area contributed by atoms with Gasteiger partial charge < -0.3 is 15.2 Å². The first-order valence-corrected chi connectivity index (χ1v) is 6.28. The zero-order valence-electron chi connectivity index (χ0n) is 12.5. The number of nitrogens with zero attached hydrogens (tertiary/aromatic N) is 2. The quantitative estimate of drug-likeness (QED) is 0.799. The van der Waals surface area contributed by atoms with Crippen molar-refractivity contribution in [3.05, 3.63) is 11.4 Å². The SMILES string of the molecule is Cc1nn(C)c(C)c1OCC(=O)NCC(C)(C)C(=O)O. The number of carboxylic acid groups (broad SMARTS) is 1. The molecule has 1 aromatic heterocycles. The van der Waals surface area contributed by atoms with E-state index in [1.54, 1.807) is 32.5 Å². The Morgan fingerprint density at radius 2 is 2.00 bits per heavy atom. The van der Waals surface area contributed by atoms with Crippen LogP contribution in [-0.4, -0.2) is 39.9 Å². The third-order valence-electron chi connectivity index (χ3n) is 3.10. The normalized spacial score (nSPS) is 11.2. The van der Waals surface area contributed by atoms with Crippen LogP contribution in [0.2, 0.25) is 0 Å². The minimum atomic E-state index is -1.00. The molecule has 7 heteroatoms. The van der Waals surface area contributed by atoms with Crippen molar-refractivity contribution in [2.75, 3.05) is 13.2 Å². The number of carbonyl (C=O) groups excluding carboxylic acids is 1. The van der Waals surface area contributed by atoms with Crippen LogP contribution in [0.5, 0.6) is 5.75 Å². The lowest BCUT2D eigenvalue weighted by Crippen LogP contribution is -2.40. The van der Waals surface area contributed by atoms with Gasteiger partial charge in [0.05, 0.1) is 11.1 Å². The number of carboxylic acids is 1. The lowest BCUT2D eigenvalue weighted by Gasteiger charge is -2.19. The standard InChI is InChI=1S/C13H21N3O4/c1-8-11(9(2)16(5)15-8)20-6-10(17)14-7-13(3,4)12(18)19/h6-7H2,1-5H3,(H,14,17)(H,18,19). The summed E-state index contributed by atoms with van der Waals surface area (Å²) in [5.74, 6) is -0.736. The van der Waals surface area contributed by atoms with E-state index in [-0.39, 0.29) is 19.1 Å². The van der Waals surface area contributed by atoms with Gasteiger partial charge in [-0.05, 0) is 27.7 Å². The van der Waals surface area contributed by atoms with Gasteiger partial charge in [0.15, 0.2) is 12.4 Å². The Morgan fingerprint density at radius 3 is 2.45 bits per heavy atom. The molecule has 0 aliphatic carbocycles. The van der Waals surface area contributed by atoms with Gasteiger partial charge in [-0.2, -0.15) is 5.10 Å². The van der Waals surface area contributed by atoms with Gasteiger partial charge in [-0.1, -0.05) is 0 Å². The molecular weight excluding hydrogens is 262 g/mol. The number of hydrogen-bond acceptors (Lipinski definition) is 4. The molecule has 1 amide bonds. The van der Waals surface area contributed by atoms with Gasteiger partial charge in [-0.25, -0.2) is 0 Å². The minimum absolute atomic E-state index is 0.0511. The van der Waals surface area contributed by atoms with E-state index in [1.807, 2.05) is 6.92 Å². The average molecular weight is 283 g/mol. The molecule has 0 atom stereocenters. The summed E-state index contributed by atoms with van der Waals surface area (Å²) < 4.78 is 7.11. The van der Waals surface area contributed by atoms with Gasteiger partial charge in [0.2, 0.25) is 0 Å². The number of aromatic nitrogens is 2. The maximum absolute atomic E-state index is 11.7. The smallest absolute Gasteiger partial charge is 0.310 e. The second-order valence-electron chi connectivity index (χ2n) is 5.38. The van der Waals surface area contributed by atoms with Crippen LogP contribution < -0.4 is 10.1 Å². The van der Waals surface area contributed by atoms with Crippen LogP contribution in [-0.2, 0) is 16.6 Å². The van der Waals surface area contributed by atoms with Crippen molar-refractivity contribution in [3.63, 3.8) is 0 Å². The van der Waals surface area contributed by atoms with Crippen molar-refractivity contribution >= 4 is 11.9 Å². The summed E-state index contributed by atoms with van der Waals surface area (Å²) in [5, 5.41) is 15.7. The van der Waals surface area contributed by atoms with Crippen LogP contribution in [0.15, 0.2) is 0 Å². The van der Waals surface area contributed by atoms with Gasteiger partial charge in [-0.15, -0.1) is 0 Å². The molecule has 0 unspecified atom stereocenters. The fourth-order valence-corrected chi connectivity index (χ4v) is 1.55. The number of carbonyl (C=O) groups is 2. The van der Waals surface area contributed by atoms with E-state index in [1.165, 1.54) is 0 Å². The monoisotopic (exact) mass is 283 g/mol. The molecule has 0 fully saturated rings. The topological polar surface area (TPSA) is 93.5 Å². The molecule has 0 aliphatic heterocycles. The number of aryl methyl sites for hydroxylation is 2. The fourth-order valence-electron chi connectivity index (χ4n) is 1.55. The van der Waals surface area contributed by atoms with E-state index in [0.29, 0.717) is 11.4 Å². The van der Waals surface area contributed by atoms with E-state index < -0.39 is 11.4 Å². The summed E-state index contributed by atoms with van der Waals surface area (Å²) in [6.07, 6.45) is 0. The Kier molecular flexibility index (Phi) is 4.75. The fraction of sp³-hybridized carbons (Fsp3) is 0.615. The zero-order valence-corrected chi connectivity index (χ0v) is 12.5. The Morgan fingerprint density at radius 1 is 1.40 bits per heavy atom. The van der Waals surface area contributed by atoms with Crippen LogP contribution in [0.1, 0.15) is 25.2 Å². The highest BCUT2D eigenvalue weighted by atomic mass is 16.5. The molecule has 20 heavy (non-hydrogen) atoms. The Bertz CT molecular complexity index is 520. The second-order valence-corrected chi connectivity index (χ2v) is 5.38. The first kappa shape index (κ1) is 16.0. The van der Waals surface area contributed by atoms with Gasteiger partial charge in [0, 0.05) is 13.6 Å². The molecule has 1 heterocycles. The van der Waals surface area contributed by atoms with Crippen molar-refractivity contribution in [3.8, 4) is 5.75 Å². The maximum atomic E-state index is 11.7. The third kappa shape index (κ3) is 3.72. The molecular formula is C13H21N3O4. The largest absolute Gasteiger partial charge is 0.481 e. The molecule has 0 saturated heterocycles. The Labute approximate surface area is 117 Å². The zero-order chi connectivity index (χ0) is 15.5. The highest BCUT2D eigenvalue weighted by Crippen LogP contribution is 2.21. The number of aliphatic carboxylic acids is 1. The molecule has 0 bridgehead atoms. The summed E-state index contributed by atoms with van der Waals surface area (Å²) in [5.41, 5.74) is 0.542. The van der Waals surface area contributed by atoms with E-state index in [9.17, 15) is 9.59 Å². The van der Waals surface area contributed by atoms with Crippen LogP contribution in [0.25, 0.3) is 0 Å². The predicted molar refractivity (Wildman–Crippen MR) is 72.6 cm³/mol. The highest BCUT2D eigenvalue weighted by molar-refractivity contribution is 5.79. The van der Waals surface area contributed by atoms with Gasteiger partial charge >= 0.3 is 5.97 Å². The number of ether oxygens (including phenoxy) is 1. The molecule has 0 spiro atoms. The summed E-state index contributed by atoms with van der Waals surface area (Å²) in [4.78, 5) is 22.6. The number of nitrogens with one attached hydrogen (secondary N) is 1. The molecule has 7 nitrogen and oxygen atoms in total. The van der Waals surface area contributed by atoms with Gasteiger partial charge in [-0.3, -0.25) is 14.3 Å². The molecule has 0 aliphatic rings. The van der Waals surface area contributed by atoms with Gasteiger partial charge in [0.25, 0.3) is 5.91 Å². The maximum Gasteiger partial charge on any atom is 0.310 e. The number of rotatable bonds is 6. The van der Waals surface area contributed by atoms with Crippen molar-refractivity contribution in [1.82, 2.24) is 15.1 Å². The van der Waals surface area contributed by atoms with Gasteiger partial charge in [0.1, 0.15) is 5.69 Å². The highest BCUT2D eigenvalue weighted by Gasteiger charge is 2.27. The Balaban J connectivity index is 2.50. The van der Waals surface area contributed by atoms with E-state index >= 15 is 0 Å². The first-order valence-electron chi connectivity index (χ1n) is 6.28. The summed E-state index contributed by atoms with van der Waals surface area (Å²) >= 11 is 0. The van der Waals surface area contributed by atoms with E-state index in [2.05, 4.69) is 10.4 Å². The Hall–Kier alpha value is -2.05. The van der Waals surface area contributed by atoms with Crippen molar-refractivity contribution in [1.29, 1.82) is 0 Å². The molecule has 0 aromatic carbocycles. The van der Waals surface area contributed by atoms with Crippen molar-refractivity contribution in [2.24, 2.45) is 12.5 Å². The summed E-state index contributed by atoms with van der Waals surface area (Å²) in [6, 6.07) is 0. The summed E-state index contributed by atoms with van der Waals surface area (Å²) in [6.45, 7) is 6.63. The van der Waals surface area contributed by atoms with Crippen molar-refractivity contribution < 1.29 is 19.4 Å². The number of amides is 1.